The average Bonchev–Trinajstić information content (AvgIpc) is 2.29. The van der Waals surface area contributed by atoms with Crippen molar-refractivity contribution in [3.05, 3.63) is 28.8 Å². The summed E-state index contributed by atoms with van der Waals surface area (Å²) in [6, 6.07) is 5.18. The Hall–Kier alpha value is -1.11. The van der Waals surface area contributed by atoms with Gasteiger partial charge in [0.25, 0.3) is 0 Å². The lowest BCUT2D eigenvalue weighted by Gasteiger charge is -2.32. The fourth-order valence-electron chi connectivity index (χ4n) is 1.91. The molecule has 0 radical (unpaired) electrons. The lowest BCUT2D eigenvalue weighted by molar-refractivity contribution is -0.117. The summed E-state index contributed by atoms with van der Waals surface area (Å²) in [5.74, 6) is -0.402. The van der Waals surface area contributed by atoms with E-state index in [4.69, 9.17) is 11.6 Å². The quantitative estimate of drug-likeness (QED) is 0.921. The van der Waals surface area contributed by atoms with E-state index in [2.05, 4.69) is 5.32 Å². The number of amides is 1. The van der Waals surface area contributed by atoms with Gasteiger partial charge in [-0.25, -0.2) is 8.42 Å². The molecule has 0 aliphatic carbocycles. The summed E-state index contributed by atoms with van der Waals surface area (Å²) in [6.07, 6.45) is 1.09. The van der Waals surface area contributed by atoms with Crippen LogP contribution in [0.1, 0.15) is 26.3 Å². The molecule has 0 saturated heterocycles. The highest BCUT2D eigenvalue weighted by atomic mass is 35.5. The predicted molar refractivity (Wildman–Crippen MR) is 86.1 cm³/mol. The van der Waals surface area contributed by atoms with E-state index in [1.54, 1.807) is 45.9 Å². The molecule has 0 saturated carbocycles. The maximum absolute atomic E-state index is 12.1. The highest BCUT2D eigenvalue weighted by Crippen LogP contribution is 2.23. The van der Waals surface area contributed by atoms with Gasteiger partial charge in [-0.2, -0.15) is 4.31 Å². The lowest BCUT2D eigenvalue weighted by Crippen LogP contribution is -2.48. The molecule has 0 fully saturated rings. The van der Waals surface area contributed by atoms with Crippen LogP contribution < -0.4 is 5.32 Å². The van der Waals surface area contributed by atoms with Gasteiger partial charge in [0.05, 0.1) is 12.8 Å². The van der Waals surface area contributed by atoms with Gasteiger partial charge >= 0.3 is 0 Å². The average molecular weight is 333 g/mol. The summed E-state index contributed by atoms with van der Waals surface area (Å²) in [5.41, 5.74) is 0.651. The number of hydrogen-bond donors (Lipinski definition) is 1. The van der Waals surface area contributed by atoms with Crippen molar-refractivity contribution in [2.75, 3.05) is 18.1 Å². The minimum Gasteiger partial charge on any atom is -0.325 e. The summed E-state index contributed by atoms with van der Waals surface area (Å²) in [4.78, 5) is 12.1. The van der Waals surface area contributed by atoms with E-state index < -0.39 is 21.5 Å². The van der Waals surface area contributed by atoms with Gasteiger partial charge in [-0.3, -0.25) is 4.79 Å². The van der Waals surface area contributed by atoms with Crippen LogP contribution in [0.4, 0.5) is 5.69 Å². The van der Waals surface area contributed by atoms with Crippen LogP contribution in [0.5, 0.6) is 0 Å². The zero-order chi connectivity index (χ0) is 16.4. The number of nitrogens with zero attached hydrogens (tertiary/aromatic N) is 1. The minimum atomic E-state index is -3.48. The molecule has 21 heavy (non-hydrogen) atoms. The molecule has 7 heteroatoms. The van der Waals surface area contributed by atoms with Crippen molar-refractivity contribution >= 4 is 33.2 Å². The number of rotatable bonds is 4. The molecule has 1 aromatic carbocycles. The van der Waals surface area contributed by atoms with E-state index in [-0.39, 0.29) is 6.54 Å². The van der Waals surface area contributed by atoms with Crippen molar-refractivity contribution in [2.24, 2.45) is 0 Å². The van der Waals surface area contributed by atoms with Crippen molar-refractivity contribution in [3.8, 4) is 0 Å². The molecule has 5 nitrogen and oxygen atoms in total. The third kappa shape index (κ3) is 4.98. The second-order valence-electron chi connectivity index (χ2n) is 5.90. The molecule has 0 spiro atoms. The number of sulfonamides is 1. The van der Waals surface area contributed by atoms with E-state index in [1.165, 1.54) is 0 Å². The Morgan fingerprint density at radius 3 is 2.38 bits per heavy atom. The molecule has 0 heterocycles. The molecule has 1 rings (SSSR count). The van der Waals surface area contributed by atoms with Crippen molar-refractivity contribution in [1.29, 1.82) is 0 Å². The van der Waals surface area contributed by atoms with Crippen LogP contribution >= 0.6 is 11.6 Å². The van der Waals surface area contributed by atoms with E-state index >= 15 is 0 Å². The zero-order valence-electron chi connectivity index (χ0n) is 12.9. The van der Waals surface area contributed by atoms with E-state index in [0.717, 1.165) is 16.1 Å². The van der Waals surface area contributed by atoms with E-state index in [1.807, 2.05) is 0 Å². The SMILES string of the molecule is Cc1c(Cl)cccc1NC(=O)CN(C(C)(C)C)S(C)(=O)=O. The molecule has 1 amide bonds. The molecule has 0 aliphatic heterocycles. The zero-order valence-corrected chi connectivity index (χ0v) is 14.5. The summed E-state index contributed by atoms with van der Waals surface area (Å²) >= 11 is 5.99. The first kappa shape index (κ1) is 17.9. The van der Waals surface area contributed by atoms with Crippen molar-refractivity contribution in [3.63, 3.8) is 0 Å². The smallest absolute Gasteiger partial charge is 0.239 e. The molecule has 1 aromatic rings. The molecule has 0 unspecified atom stereocenters. The van der Waals surface area contributed by atoms with Crippen LogP contribution in [0, 0.1) is 6.92 Å². The normalized spacial score (nSPS) is 12.5. The highest BCUT2D eigenvalue weighted by Gasteiger charge is 2.31. The Labute approximate surface area is 131 Å². The number of nitrogens with one attached hydrogen (secondary N) is 1. The number of hydrogen-bond acceptors (Lipinski definition) is 3. The van der Waals surface area contributed by atoms with Gasteiger partial charge in [0.2, 0.25) is 15.9 Å². The minimum absolute atomic E-state index is 0.242. The number of halogens is 1. The Bertz CT molecular complexity index is 636. The summed E-state index contributed by atoms with van der Waals surface area (Å²) in [5, 5.41) is 3.24. The Morgan fingerprint density at radius 1 is 1.33 bits per heavy atom. The number of benzene rings is 1. The predicted octanol–water partition coefficient (Wildman–Crippen LogP) is 2.65. The second kappa shape index (κ2) is 6.34. The van der Waals surface area contributed by atoms with Crippen LogP contribution in [0.3, 0.4) is 0 Å². The van der Waals surface area contributed by atoms with Gasteiger partial charge in [-0.15, -0.1) is 0 Å². The largest absolute Gasteiger partial charge is 0.325 e. The highest BCUT2D eigenvalue weighted by molar-refractivity contribution is 7.88. The molecule has 0 atom stereocenters. The number of carbonyl (C=O) groups is 1. The Kier molecular flexibility index (Phi) is 5.41. The van der Waals surface area contributed by atoms with Gasteiger partial charge < -0.3 is 5.32 Å². The van der Waals surface area contributed by atoms with Crippen LogP contribution in [0.2, 0.25) is 5.02 Å². The molecular weight excluding hydrogens is 312 g/mol. The van der Waals surface area contributed by atoms with Gasteiger partial charge in [0.1, 0.15) is 0 Å². The fourth-order valence-corrected chi connectivity index (χ4v) is 3.44. The molecular formula is C14H21ClN2O3S. The third-order valence-corrected chi connectivity index (χ3v) is 4.86. The van der Waals surface area contributed by atoms with Gasteiger partial charge in [0.15, 0.2) is 0 Å². The van der Waals surface area contributed by atoms with Crippen LogP contribution in [0.25, 0.3) is 0 Å². The maximum atomic E-state index is 12.1. The molecule has 1 N–H and O–H groups in total. The molecule has 0 aliphatic rings. The van der Waals surface area contributed by atoms with Crippen molar-refractivity contribution in [2.45, 2.75) is 33.2 Å². The topological polar surface area (TPSA) is 66.5 Å². The maximum Gasteiger partial charge on any atom is 0.239 e. The van der Waals surface area contributed by atoms with E-state index in [0.29, 0.717) is 10.7 Å². The van der Waals surface area contributed by atoms with Crippen LogP contribution in [0.15, 0.2) is 18.2 Å². The second-order valence-corrected chi connectivity index (χ2v) is 8.22. The first-order valence-corrected chi connectivity index (χ1v) is 8.68. The Morgan fingerprint density at radius 2 is 1.90 bits per heavy atom. The number of carbonyl (C=O) groups excluding carboxylic acids is 1. The number of anilines is 1. The lowest BCUT2D eigenvalue weighted by atomic mass is 10.1. The van der Waals surface area contributed by atoms with Crippen LogP contribution in [-0.2, 0) is 14.8 Å². The van der Waals surface area contributed by atoms with Crippen molar-refractivity contribution < 1.29 is 13.2 Å². The van der Waals surface area contributed by atoms with Gasteiger partial charge in [0, 0.05) is 16.2 Å². The summed E-state index contributed by atoms with van der Waals surface area (Å²) < 4.78 is 24.8. The van der Waals surface area contributed by atoms with Gasteiger partial charge in [-0.1, -0.05) is 17.7 Å². The first-order chi connectivity index (χ1) is 9.43. The summed E-state index contributed by atoms with van der Waals surface area (Å²) in [6.45, 7) is 6.77. The van der Waals surface area contributed by atoms with E-state index in [9.17, 15) is 13.2 Å². The fraction of sp³-hybridized carbons (Fsp3) is 0.500. The molecule has 118 valence electrons. The van der Waals surface area contributed by atoms with Gasteiger partial charge in [-0.05, 0) is 45.4 Å². The standard InChI is InChI=1S/C14H21ClN2O3S/c1-10-11(15)7-6-8-12(10)16-13(18)9-17(14(2,3)4)21(5,19)20/h6-8H,9H2,1-5H3,(H,16,18). The first-order valence-electron chi connectivity index (χ1n) is 6.45. The van der Waals surface area contributed by atoms with Crippen LogP contribution in [-0.4, -0.2) is 37.0 Å². The third-order valence-electron chi connectivity index (χ3n) is 2.98. The Balaban J connectivity index is 2.92. The summed E-state index contributed by atoms with van der Waals surface area (Å²) in [7, 11) is -3.48. The molecule has 0 bridgehead atoms. The monoisotopic (exact) mass is 332 g/mol. The van der Waals surface area contributed by atoms with Crippen molar-refractivity contribution in [1.82, 2.24) is 4.31 Å². The molecule has 0 aromatic heterocycles.